The number of fused-ring (bicyclic) bond motifs is 1. The fraction of sp³-hybridized carbons (Fsp3) is 0.250. The lowest BCUT2D eigenvalue weighted by Crippen LogP contribution is -2.18. The monoisotopic (exact) mass is 339 g/mol. The van der Waals surface area contributed by atoms with E-state index >= 15 is 0 Å². The molecule has 2 aromatic carbocycles. The first-order chi connectivity index (χ1) is 12.2. The highest BCUT2D eigenvalue weighted by Gasteiger charge is 2.17. The Kier molecular flexibility index (Phi) is 5.46. The summed E-state index contributed by atoms with van der Waals surface area (Å²) < 4.78 is 13.1. The Bertz CT molecular complexity index is 843. The van der Waals surface area contributed by atoms with Gasteiger partial charge in [-0.05, 0) is 49.7 Å². The van der Waals surface area contributed by atoms with Gasteiger partial charge in [0.15, 0.2) is 0 Å². The molecule has 0 saturated carbocycles. The van der Waals surface area contributed by atoms with Crippen LogP contribution < -0.4 is 10.6 Å². The number of amides is 1. The third-order valence-electron chi connectivity index (χ3n) is 4.25. The molecule has 0 atom stereocenters. The summed E-state index contributed by atoms with van der Waals surface area (Å²) in [6.07, 6.45) is 2.78. The van der Waals surface area contributed by atoms with Gasteiger partial charge >= 0.3 is 0 Å². The zero-order valence-electron chi connectivity index (χ0n) is 14.2. The van der Waals surface area contributed by atoms with Crippen molar-refractivity contribution in [1.29, 1.82) is 0 Å². The highest BCUT2D eigenvalue weighted by atomic mass is 19.1. The smallest absolute Gasteiger partial charge is 0.268 e. The molecule has 130 valence electrons. The van der Waals surface area contributed by atoms with Crippen LogP contribution in [0.2, 0.25) is 0 Å². The number of benzene rings is 2. The molecule has 0 radical (unpaired) electrons. The molecule has 2 heterocycles. The van der Waals surface area contributed by atoms with Gasteiger partial charge in [-0.25, -0.2) is 4.39 Å². The van der Waals surface area contributed by atoms with Crippen molar-refractivity contribution in [3.05, 3.63) is 60.0 Å². The summed E-state index contributed by atoms with van der Waals surface area (Å²) in [5, 5.41) is 6.78. The van der Waals surface area contributed by atoms with Crippen LogP contribution in [0.1, 0.15) is 23.3 Å². The predicted octanol–water partition coefficient (Wildman–Crippen LogP) is 3.70. The van der Waals surface area contributed by atoms with Crippen molar-refractivity contribution in [3.8, 4) is 11.1 Å². The summed E-state index contributed by atoms with van der Waals surface area (Å²) in [6.45, 7) is 2.50. The van der Waals surface area contributed by atoms with E-state index in [0.717, 1.165) is 22.0 Å². The molecule has 1 amide bonds. The third-order valence-corrected chi connectivity index (χ3v) is 4.25. The Hall–Kier alpha value is -2.66. The number of aromatic amines is 1. The van der Waals surface area contributed by atoms with Gasteiger partial charge in [-0.1, -0.05) is 30.3 Å². The lowest BCUT2D eigenvalue weighted by Gasteiger charge is -2.04. The standard InChI is InChI=1S/C16H13FN2O.C4H9N/c1-18-16(20)15-14(10-6-8-11(17)9-7-10)12-4-2-3-5-13(12)19-15;1-2-4-5-3-1/h2-9,19H,1H3,(H,18,20);5H,1-4H2. The number of halogens is 1. The molecule has 0 unspecified atom stereocenters. The van der Waals surface area contributed by atoms with Crippen molar-refractivity contribution in [2.45, 2.75) is 12.8 Å². The third kappa shape index (κ3) is 3.88. The second-order valence-electron chi connectivity index (χ2n) is 5.96. The van der Waals surface area contributed by atoms with Crippen LogP contribution in [-0.4, -0.2) is 31.0 Å². The molecular weight excluding hydrogens is 317 g/mol. The summed E-state index contributed by atoms with van der Waals surface area (Å²) >= 11 is 0. The minimum atomic E-state index is -0.296. The Balaban J connectivity index is 0.000000314. The van der Waals surface area contributed by atoms with Gasteiger partial charge in [0.2, 0.25) is 0 Å². The maximum Gasteiger partial charge on any atom is 0.268 e. The minimum Gasteiger partial charge on any atom is -0.354 e. The van der Waals surface area contributed by atoms with Crippen molar-refractivity contribution >= 4 is 16.8 Å². The molecule has 1 saturated heterocycles. The van der Waals surface area contributed by atoms with Gasteiger partial charge in [0, 0.05) is 23.5 Å². The van der Waals surface area contributed by atoms with Gasteiger partial charge in [-0.15, -0.1) is 0 Å². The van der Waals surface area contributed by atoms with Crippen LogP contribution in [0.25, 0.3) is 22.0 Å². The van der Waals surface area contributed by atoms with Crippen LogP contribution in [0.5, 0.6) is 0 Å². The zero-order valence-corrected chi connectivity index (χ0v) is 14.2. The fourth-order valence-electron chi connectivity index (χ4n) is 2.98. The van der Waals surface area contributed by atoms with E-state index in [2.05, 4.69) is 15.6 Å². The van der Waals surface area contributed by atoms with E-state index in [-0.39, 0.29) is 11.7 Å². The average Bonchev–Trinajstić information content (AvgIpc) is 3.33. The van der Waals surface area contributed by atoms with Crippen molar-refractivity contribution in [1.82, 2.24) is 15.6 Å². The SMILES string of the molecule is C1CCNC1.CNC(=O)c1[nH]c2ccccc2c1-c1ccc(F)cc1. The molecule has 0 bridgehead atoms. The molecule has 25 heavy (non-hydrogen) atoms. The van der Waals surface area contributed by atoms with Gasteiger partial charge < -0.3 is 15.6 Å². The van der Waals surface area contributed by atoms with Crippen LogP contribution in [0.4, 0.5) is 4.39 Å². The van der Waals surface area contributed by atoms with Crippen LogP contribution in [0.15, 0.2) is 48.5 Å². The molecular formula is C20H22FN3O. The van der Waals surface area contributed by atoms with E-state index < -0.39 is 0 Å². The highest BCUT2D eigenvalue weighted by molar-refractivity contribution is 6.09. The van der Waals surface area contributed by atoms with Crippen molar-refractivity contribution < 1.29 is 9.18 Å². The van der Waals surface area contributed by atoms with Gasteiger partial charge in [0.05, 0.1) is 0 Å². The number of para-hydroxylation sites is 1. The molecule has 1 aromatic heterocycles. The van der Waals surface area contributed by atoms with Crippen LogP contribution in [0, 0.1) is 5.82 Å². The molecule has 1 fully saturated rings. The van der Waals surface area contributed by atoms with Crippen LogP contribution in [-0.2, 0) is 0 Å². The number of aromatic nitrogens is 1. The average molecular weight is 339 g/mol. The number of carbonyl (C=O) groups is 1. The van der Waals surface area contributed by atoms with Crippen LogP contribution >= 0.6 is 0 Å². The molecule has 3 aromatic rings. The van der Waals surface area contributed by atoms with E-state index in [9.17, 15) is 9.18 Å². The van der Waals surface area contributed by atoms with E-state index in [1.54, 1.807) is 19.2 Å². The van der Waals surface area contributed by atoms with Crippen molar-refractivity contribution in [2.75, 3.05) is 20.1 Å². The van der Waals surface area contributed by atoms with E-state index in [4.69, 9.17) is 0 Å². The Morgan fingerprint density at radius 3 is 2.32 bits per heavy atom. The summed E-state index contributed by atoms with van der Waals surface area (Å²) in [4.78, 5) is 15.1. The molecule has 4 nitrogen and oxygen atoms in total. The molecule has 5 heteroatoms. The van der Waals surface area contributed by atoms with Gasteiger partial charge in [0.1, 0.15) is 11.5 Å². The summed E-state index contributed by atoms with van der Waals surface area (Å²) in [6, 6.07) is 13.8. The molecule has 0 aliphatic carbocycles. The Morgan fingerprint density at radius 1 is 1.04 bits per heavy atom. The Labute approximate surface area is 146 Å². The first kappa shape index (κ1) is 17.2. The topological polar surface area (TPSA) is 56.9 Å². The fourth-order valence-corrected chi connectivity index (χ4v) is 2.98. The van der Waals surface area contributed by atoms with E-state index in [1.807, 2.05) is 24.3 Å². The van der Waals surface area contributed by atoms with Gasteiger partial charge in [-0.2, -0.15) is 0 Å². The lowest BCUT2D eigenvalue weighted by molar-refractivity contribution is 0.0959. The molecule has 4 rings (SSSR count). The summed E-state index contributed by atoms with van der Waals surface area (Å²) in [7, 11) is 1.59. The number of carbonyl (C=O) groups excluding carboxylic acids is 1. The predicted molar refractivity (Wildman–Crippen MR) is 99.2 cm³/mol. The lowest BCUT2D eigenvalue weighted by atomic mass is 10.0. The molecule has 1 aliphatic rings. The van der Waals surface area contributed by atoms with Crippen LogP contribution in [0.3, 0.4) is 0 Å². The molecule has 1 aliphatic heterocycles. The normalized spacial score (nSPS) is 13.4. The van der Waals surface area contributed by atoms with Crippen molar-refractivity contribution in [2.24, 2.45) is 0 Å². The first-order valence-electron chi connectivity index (χ1n) is 8.50. The summed E-state index contributed by atoms with van der Waals surface area (Å²) in [5.74, 6) is -0.490. The summed E-state index contributed by atoms with van der Waals surface area (Å²) in [5.41, 5.74) is 2.97. The number of hydrogen-bond acceptors (Lipinski definition) is 2. The highest BCUT2D eigenvalue weighted by Crippen LogP contribution is 2.32. The number of hydrogen-bond donors (Lipinski definition) is 3. The minimum absolute atomic E-state index is 0.194. The number of nitrogens with one attached hydrogen (secondary N) is 3. The first-order valence-corrected chi connectivity index (χ1v) is 8.50. The van der Waals surface area contributed by atoms with Crippen molar-refractivity contribution in [3.63, 3.8) is 0 Å². The van der Waals surface area contributed by atoms with E-state index in [1.165, 1.54) is 38.1 Å². The number of H-pyrrole nitrogens is 1. The number of rotatable bonds is 2. The van der Waals surface area contributed by atoms with E-state index in [0.29, 0.717) is 5.69 Å². The molecule has 0 spiro atoms. The zero-order chi connectivity index (χ0) is 17.6. The second kappa shape index (κ2) is 7.94. The maximum atomic E-state index is 13.1. The largest absolute Gasteiger partial charge is 0.354 e. The van der Waals surface area contributed by atoms with Gasteiger partial charge in [-0.3, -0.25) is 4.79 Å². The second-order valence-corrected chi connectivity index (χ2v) is 5.96. The Morgan fingerprint density at radius 2 is 1.72 bits per heavy atom. The van der Waals surface area contributed by atoms with Gasteiger partial charge in [0.25, 0.3) is 5.91 Å². The quantitative estimate of drug-likeness (QED) is 0.667. The maximum absolute atomic E-state index is 13.1. The molecule has 3 N–H and O–H groups in total.